The molecule has 0 aliphatic carbocycles. The minimum atomic E-state index is -0.0373. The number of rotatable bonds is 4. The Balaban J connectivity index is 1.56. The van der Waals surface area contributed by atoms with Crippen LogP contribution in [0.15, 0.2) is 42.7 Å². The molecule has 1 unspecified atom stereocenters. The largest absolute Gasteiger partial charge is 0.311 e. The Kier molecular flexibility index (Phi) is 3.93. The van der Waals surface area contributed by atoms with E-state index in [1.54, 1.807) is 29.6 Å². The van der Waals surface area contributed by atoms with Gasteiger partial charge >= 0.3 is 0 Å². The van der Waals surface area contributed by atoms with Crippen molar-refractivity contribution in [1.29, 1.82) is 0 Å². The van der Waals surface area contributed by atoms with Crippen LogP contribution in [0, 0.1) is 0 Å². The average molecular weight is 431 g/mol. The Morgan fingerprint density at radius 2 is 2.13 bits per heavy atom. The van der Waals surface area contributed by atoms with E-state index in [0.717, 1.165) is 45.7 Å². The molecular formula is C19H17N11S. The van der Waals surface area contributed by atoms with Crippen LogP contribution >= 0.6 is 11.3 Å². The number of hydrogen-bond donors (Lipinski definition) is 1. The van der Waals surface area contributed by atoms with Gasteiger partial charge in [0.2, 0.25) is 0 Å². The highest BCUT2D eigenvalue weighted by molar-refractivity contribution is 7.13. The van der Waals surface area contributed by atoms with Gasteiger partial charge in [0.15, 0.2) is 17.5 Å². The summed E-state index contributed by atoms with van der Waals surface area (Å²) in [4.78, 5) is 16.2. The maximum Gasteiger partial charge on any atom is 0.165 e. The van der Waals surface area contributed by atoms with E-state index in [-0.39, 0.29) is 6.04 Å². The highest BCUT2D eigenvalue weighted by Crippen LogP contribution is 2.43. The summed E-state index contributed by atoms with van der Waals surface area (Å²) in [5, 5.41) is 22.9. The van der Waals surface area contributed by atoms with E-state index in [1.807, 2.05) is 29.4 Å². The molecule has 154 valence electrons. The molecule has 6 heterocycles. The molecular weight excluding hydrogens is 414 g/mol. The van der Waals surface area contributed by atoms with Crippen LogP contribution < -0.4 is 4.90 Å². The quantitative estimate of drug-likeness (QED) is 0.461. The smallest absolute Gasteiger partial charge is 0.165 e. The molecule has 6 rings (SSSR count). The van der Waals surface area contributed by atoms with E-state index in [2.05, 4.69) is 47.3 Å². The summed E-state index contributed by atoms with van der Waals surface area (Å²) in [5.41, 5.74) is 3.35. The third-order valence-corrected chi connectivity index (χ3v) is 6.09. The number of hydrogen-bond acceptors (Lipinski definition) is 9. The van der Waals surface area contributed by atoms with Gasteiger partial charge in [-0.1, -0.05) is 6.92 Å². The predicted molar refractivity (Wildman–Crippen MR) is 114 cm³/mol. The fraction of sp³-hybridized carbons (Fsp3) is 0.211. The van der Waals surface area contributed by atoms with Gasteiger partial charge in [-0.3, -0.25) is 14.3 Å². The number of thiazole rings is 1. The Bertz CT molecular complexity index is 1360. The number of nitrogens with one attached hydrogen (secondary N) is 1. The first-order valence-electron chi connectivity index (χ1n) is 9.73. The summed E-state index contributed by atoms with van der Waals surface area (Å²) in [6.45, 7) is 2.12. The zero-order valence-corrected chi connectivity index (χ0v) is 17.5. The van der Waals surface area contributed by atoms with Crippen molar-refractivity contribution in [3.05, 3.63) is 48.5 Å². The first kappa shape index (κ1) is 17.9. The predicted octanol–water partition coefficient (Wildman–Crippen LogP) is 2.91. The van der Waals surface area contributed by atoms with Gasteiger partial charge in [0.05, 0.1) is 35.9 Å². The topological polar surface area (TPSA) is 119 Å². The second-order valence-electron chi connectivity index (χ2n) is 7.12. The van der Waals surface area contributed by atoms with Crippen molar-refractivity contribution in [2.75, 3.05) is 4.90 Å². The van der Waals surface area contributed by atoms with E-state index in [1.165, 1.54) is 11.3 Å². The molecule has 0 bridgehead atoms. The summed E-state index contributed by atoms with van der Waals surface area (Å²) in [5.74, 6) is 2.18. The Morgan fingerprint density at radius 1 is 1.19 bits per heavy atom. The molecule has 0 saturated carbocycles. The normalized spacial score (nSPS) is 15.2. The molecule has 0 aromatic carbocycles. The summed E-state index contributed by atoms with van der Waals surface area (Å²) < 4.78 is 3.73. The zero-order chi connectivity index (χ0) is 20.9. The lowest BCUT2D eigenvalue weighted by molar-refractivity contribution is 0.589. The van der Waals surface area contributed by atoms with Crippen LogP contribution in [-0.4, -0.2) is 49.7 Å². The molecule has 11 nitrogen and oxygen atoms in total. The first-order valence-corrected chi connectivity index (χ1v) is 10.6. The summed E-state index contributed by atoms with van der Waals surface area (Å²) in [7, 11) is 1.90. The zero-order valence-electron chi connectivity index (χ0n) is 16.7. The van der Waals surface area contributed by atoms with Crippen LogP contribution in [-0.2, 0) is 7.05 Å². The number of H-pyrrole nitrogens is 1. The van der Waals surface area contributed by atoms with Crippen molar-refractivity contribution in [2.45, 2.75) is 19.4 Å². The second-order valence-corrected chi connectivity index (χ2v) is 8.02. The Morgan fingerprint density at radius 3 is 2.90 bits per heavy atom. The average Bonchev–Trinajstić information content (AvgIpc) is 3.58. The lowest BCUT2D eigenvalue weighted by Gasteiger charge is -2.35. The maximum atomic E-state index is 4.99. The highest BCUT2D eigenvalue weighted by atomic mass is 32.1. The fourth-order valence-electron chi connectivity index (χ4n) is 3.93. The van der Waals surface area contributed by atoms with Crippen LogP contribution in [0.25, 0.3) is 27.8 Å². The molecule has 5 aromatic heterocycles. The highest BCUT2D eigenvalue weighted by Gasteiger charge is 2.35. The lowest BCUT2D eigenvalue weighted by Crippen LogP contribution is -2.32. The van der Waals surface area contributed by atoms with E-state index in [4.69, 9.17) is 4.98 Å². The number of nitrogens with zero attached hydrogens (tertiary/aromatic N) is 10. The molecule has 0 saturated heterocycles. The van der Waals surface area contributed by atoms with Gasteiger partial charge in [0.1, 0.15) is 22.7 Å². The van der Waals surface area contributed by atoms with Crippen LogP contribution in [0.4, 0.5) is 11.5 Å². The van der Waals surface area contributed by atoms with Crippen molar-refractivity contribution in [1.82, 2.24) is 49.7 Å². The van der Waals surface area contributed by atoms with Gasteiger partial charge in [-0.15, -0.1) is 21.5 Å². The van der Waals surface area contributed by atoms with Crippen molar-refractivity contribution in [3.63, 3.8) is 0 Å². The maximum absolute atomic E-state index is 4.99. The monoisotopic (exact) mass is 431 g/mol. The lowest BCUT2D eigenvalue weighted by atomic mass is 10.1. The molecule has 0 fully saturated rings. The summed E-state index contributed by atoms with van der Waals surface area (Å²) in [6.07, 6.45) is 11.6. The van der Waals surface area contributed by atoms with E-state index < -0.39 is 0 Å². The standard InChI is InChI=1S/C19H17N11S/c1-3-13-18-27-23-10-29(18)14-8-21-16(12-7-22-26-15(12)19-20-4-5-31-19)25-17(14)30(13)11-6-24-28(2)9-11/h4-10,13H,3H2,1-2H3,(H,22,26). The molecule has 12 heteroatoms. The van der Waals surface area contributed by atoms with Crippen molar-refractivity contribution in [2.24, 2.45) is 7.05 Å². The van der Waals surface area contributed by atoms with Gasteiger partial charge in [-0.05, 0) is 6.42 Å². The van der Waals surface area contributed by atoms with Gasteiger partial charge in [0.25, 0.3) is 0 Å². The number of anilines is 2. The van der Waals surface area contributed by atoms with Gasteiger partial charge in [0, 0.05) is 24.8 Å². The van der Waals surface area contributed by atoms with Crippen molar-refractivity contribution in [3.8, 4) is 27.8 Å². The van der Waals surface area contributed by atoms with Crippen LogP contribution in [0.5, 0.6) is 0 Å². The molecule has 1 aliphatic rings. The van der Waals surface area contributed by atoms with Crippen molar-refractivity contribution < 1.29 is 0 Å². The minimum Gasteiger partial charge on any atom is -0.311 e. The number of aromatic nitrogens is 10. The molecule has 1 N–H and O–H groups in total. The molecule has 0 spiro atoms. The molecule has 31 heavy (non-hydrogen) atoms. The summed E-state index contributed by atoms with van der Waals surface area (Å²) in [6, 6.07) is -0.0373. The van der Waals surface area contributed by atoms with Crippen molar-refractivity contribution >= 4 is 22.8 Å². The second kappa shape index (κ2) is 6.80. The van der Waals surface area contributed by atoms with Gasteiger partial charge in [-0.2, -0.15) is 10.2 Å². The Hall–Kier alpha value is -3.93. The minimum absolute atomic E-state index is 0.0373. The molecule has 0 amide bonds. The fourth-order valence-corrected chi connectivity index (χ4v) is 4.57. The Labute approximate surface area is 180 Å². The van der Waals surface area contributed by atoms with E-state index in [0.29, 0.717) is 5.82 Å². The van der Waals surface area contributed by atoms with Crippen LogP contribution in [0.3, 0.4) is 0 Å². The molecule has 1 atom stereocenters. The SMILES string of the molecule is CCC1c2nncn2-c2cnc(-c3cn[nH]c3-c3nccs3)nc2N1c1cnn(C)c1. The third-order valence-electron chi connectivity index (χ3n) is 5.30. The summed E-state index contributed by atoms with van der Waals surface area (Å²) >= 11 is 1.53. The van der Waals surface area contributed by atoms with E-state index >= 15 is 0 Å². The molecule has 5 aromatic rings. The van der Waals surface area contributed by atoms with Crippen LogP contribution in [0.1, 0.15) is 25.2 Å². The number of aromatic amines is 1. The molecule has 0 radical (unpaired) electrons. The number of aryl methyl sites for hydroxylation is 1. The van der Waals surface area contributed by atoms with Gasteiger partial charge < -0.3 is 4.90 Å². The third kappa shape index (κ3) is 2.68. The number of fused-ring (bicyclic) bond motifs is 3. The first-order chi connectivity index (χ1) is 15.2. The molecule has 1 aliphatic heterocycles. The van der Waals surface area contributed by atoms with Crippen LogP contribution in [0.2, 0.25) is 0 Å². The van der Waals surface area contributed by atoms with E-state index in [9.17, 15) is 0 Å². The van der Waals surface area contributed by atoms with Gasteiger partial charge in [-0.25, -0.2) is 15.0 Å².